The maximum Gasteiger partial charge on any atom is 0.449 e. The summed E-state index contributed by atoms with van der Waals surface area (Å²) in [6, 6.07) is 19.6. The predicted molar refractivity (Wildman–Crippen MR) is 158 cm³/mol. The van der Waals surface area contributed by atoms with E-state index in [0.717, 1.165) is 27.6 Å². The van der Waals surface area contributed by atoms with Gasteiger partial charge in [-0.25, -0.2) is 8.42 Å². The first-order valence-electron chi connectivity index (χ1n) is 14.0. The third kappa shape index (κ3) is 6.25. The molecule has 2 heterocycles. The third-order valence-electron chi connectivity index (χ3n) is 7.88. The number of carbonyl (C=O) groups is 1. The molecule has 0 spiro atoms. The molecule has 0 amide bonds. The van der Waals surface area contributed by atoms with Gasteiger partial charge in [0.25, 0.3) is 0 Å². The number of carboxylic acids is 1. The fourth-order valence-electron chi connectivity index (χ4n) is 5.25. The maximum atomic E-state index is 14.3. The molecule has 3 aromatic carbocycles. The lowest BCUT2D eigenvalue weighted by atomic mass is 9.83. The summed E-state index contributed by atoms with van der Waals surface area (Å²) >= 11 is 0. The average molecular weight is 628 g/mol. The van der Waals surface area contributed by atoms with Crippen molar-refractivity contribution in [2.24, 2.45) is 0 Å². The van der Waals surface area contributed by atoms with Crippen molar-refractivity contribution in [3.05, 3.63) is 107 Å². The second kappa shape index (κ2) is 11.8. The second-order valence-electron chi connectivity index (χ2n) is 11.4. The largest absolute Gasteiger partial charge is 0.493 e. The number of fused-ring (bicyclic) bond motifs is 1. The van der Waals surface area contributed by atoms with E-state index in [1.165, 1.54) is 0 Å². The highest BCUT2D eigenvalue weighted by atomic mass is 32.2. The minimum absolute atomic E-state index is 0.0896. The monoisotopic (exact) mass is 627 g/mol. The van der Waals surface area contributed by atoms with E-state index in [-0.39, 0.29) is 17.2 Å². The third-order valence-corrected chi connectivity index (χ3v) is 9.90. The van der Waals surface area contributed by atoms with Gasteiger partial charge in [0.1, 0.15) is 11.5 Å². The summed E-state index contributed by atoms with van der Waals surface area (Å²) in [5, 5.41) is 9.63. The van der Waals surface area contributed by atoms with Gasteiger partial charge < -0.3 is 14.3 Å². The predicted octanol–water partition coefficient (Wildman–Crippen LogP) is 7.35. The van der Waals surface area contributed by atoms with Crippen molar-refractivity contribution < 1.29 is 40.6 Å². The molecular weight excluding hydrogens is 595 g/mol. The molecule has 1 aliphatic rings. The van der Waals surface area contributed by atoms with Crippen LogP contribution in [-0.4, -0.2) is 30.4 Å². The van der Waals surface area contributed by atoms with Crippen LogP contribution in [0.4, 0.5) is 13.2 Å². The fourth-order valence-corrected chi connectivity index (χ4v) is 7.11. The van der Waals surface area contributed by atoms with E-state index in [0.29, 0.717) is 47.5 Å². The Labute approximate surface area is 253 Å². The van der Waals surface area contributed by atoms with Crippen molar-refractivity contribution in [1.29, 1.82) is 0 Å². The molecular formula is C33H32F3NO6S. The summed E-state index contributed by atoms with van der Waals surface area (Å²) in [6.07, 6.45) is -3.58. The molecule has 0 aliphatic carbocycles. The van der Waals surface area contributed by atoms with Crippen molar-refractivity contribution >= 4 is 16.0 Å². The zero-order valence-electron chi connectivity index (χ0n) is 24.4. The minimum Gasteiger partial charge on any atom is -0.493 e. The number of aliphatic carboxylic acids is 1. The molecule has 1 N–H and O–H groups in total. The molecule has 1 aromatic heterocycles. The Bertz CT molecular complexity index is 1790. The number of nitrogens with zero attached hydrogens (tertiary/aromatic N) is 1. The molecule has 0 fully saturated rings. The molecule has 4 aromatic rings. The number of sulfonamides is 1. The van der Waals surface area contributed by atoms with Gasteiger partial charge in [0.15, 0.2) is 0 Å². The molecule has 11 heteroatoms. The summed E-state index contributed by atoms with van der Waals surface area (Å²) in [5.74, 6) is -1.82. The number of alkyl halides is 3. The van der Waals surface area contributed by atoms with E-state index in [1.54, 1.807) is 75.4 Å². The first-order chi connectivity index (χ1) is 20.7. The SMILES string of the molecule is Cc1ccc2c(c1S(=O)(=O)N(Cc1ccc(-c3cccc(C(C)(C)C(=O)O)c3)cc1)Cc1ccc(C(F)(F)F)o1)CCCO2. The lowest BCUT2D eigenvalue weighted by Crippen LogP contribution is -2.32. The molecule has 0 saturated heterocycles. The van der Waals surface area contributed by atoms with Crippen LogP contribution in [0.25, 0.3) is 11.1 Å². The van der Waals surface area contributed by atoms with Gasteiger partial charge in [0.2, 0.25) is 15.8 Å². The van der Waals surface area contributed by atoms with E-state index >= 15 is 0 Å². The molecule has 44 heavy (non-hydrogen) atoms. The van der Waals surface area contributed by atoms with Crippen LogP contribution in [0.5, 0.6) is 5.75 Å². The van der Waals surface area contributed by atoms with Gasteiger partial charge >= 0.3 is 12.1 Å². The summed E-state index contributed by atoms with van der Waals surface area (Å²) in [7, 11) is -4.23. The number of benzene rings is 3. The van der Waals surface area contributed by atoms with E-state index in [9.17, 15) is 31.5 Å². The Kier molecular flexibility index (Phi) is 8.39. The van der Waals surface area contributed by atoms with Crippen LogP contribution in [0.1, 0.15) is 54.0 Å². The average Bonchev–Trinajstić information content (AvgIpc) is 3.46. The maximum absolute atomic E-state index is 14.3. The summed E-state index contributed by atoms with van der Waals surface area (Å²) < 4.78 is 80.2. The number of furan rings is 1. The van der Waals surface area contributed by atoms with Gasteiger partial charge in [-0.1, -0.05) is 54.6 Å². The van der Waals surface area contributed by atoms with Crippen molar-refractivity contribution in [2.75, 3.05) is 6.61 Å². The Morgan fingerprint density at radius 3 is 2.34 bits per heavy atom. The van der Waals surface area contributed by atoms with Crippen molar-refractivity contribution in [1.82, 2.24) is 4.31 Å². The highest BCUT2D eigenvalue weighted by Crippen LogP contribution is 2.37. The molecule has 1 aliphatic heterocycles. The summed E-state index contributed by atoms with van der Waals surface area (Å²) in [6.45, 7) is 4.84. The van der Waals surface area contributed by atoms with Gasteiger partial charge in [-0.2, -0.15) is 17.5 Å². The molecule has 0 saturated carbocycles. The summed E-state index contributed by atoms with van der Waals surface area (Å²) in [4.78, 5) is 11.8. The van der Waals surface area contributed by atoms with Gasteiger partial charge in [-0.3, -0.25) is 4.79 Å². The van der Waals surface area contributed by atoms with Crippen LogP contribution < -0.4 is 4.74 Å². The topological polar surface area (TPSA) is 97.1 Å². The van der Waals surface area contributed by atoms with Crippen molar-refractivity contribution in [3.8, 4) is 16.9 Å². The molecule has 232 valence electrons. The smallest absolute Gasteiger partial charge is 0.449 e. The van der Waals surface area contributed by atoms with Crippen LogP contribution in [0.2, 0.25) is 0 Å². The zero-order valence-corrected chi connectivity index (χ0v) is 25.3. The molecule has 5 rings (SSSR count). The number of halogens is 3. The van der Waals surface area contributed by atoms with Crippen LogP contribution in [-0.2, 0) is 45.9 Å². The minimum atomic E-state index is -4.71. The number of hydrogen-bond acceptors (Lipinski definition) is 5. The van der Waals surface area contributed by atoms with Crippen LogP contribution in [0.3, 0.4) is 0 Å². The number of rotatable bonds is 9. The fraction of sp³-hybridized carbons (Fsp3) is 0.303. The summed E-state index contributed by atoms with van der Waals surface area (Å²) in [5.41, 5.74) is 2.77. The van der Waals surface area contributed by atoms with E-state index in [2.05, 4.69) is 0 Å². The Morgan fingerprint density at radius 2 is 1.68 bits per heavy atom. The molecule has 0 atom stereocenters. The van der Waals surface area contributed by atoms with Gasteiger partial charge in [0.05, 0.1) is 23.5 Å². The Morgan fingerprint density at radius 1 is 0.955 bits per heavy atom. The normalized spacial score (nSPS) is 13.9. The lowest BCUT2D eigenvalue weighted by Gasteiger charge is -2.27. The molecule has 0 radical (unpaired) electrons. The standard InChI is InChI=1S/C33H32F3NO6S/c1-21-9-15-28-27(8-5-17-42-28)30(21)44(40,41)37(20-26-14-16-29(43-26)33(34,35)36)19-22-10-12-23(13-11-22)24-6-4-7-25(18-24)32(2,3)31(38)39/h4,6-7,9-16,18H,5,8,17,19-20H2,1-3H3,(H,38,39). The quantitative estimate of drug-likeness (QED) is 0.208. The lowest BCUT2D eigenvalue weighted by molar-refractivity contribution is -0.153. The van der Waals surface area contributed by atoms with Crippen LogP contribution in [0.15, 0.2) is 82.1 Å². The number of carboxylic acid groups (broad SMARTS) is 1. The van der Waals surface area contributed by atoms with Crippen LogP contribution >= 0.6 is 0 Å². The van der Waals surface area contributed by atoms with Crippen LogP contribution in [0, 0.1) is 6.92 Å². The number of ether oxygens (including phenoxy) is 1. The molecule has 0 bridgehead atoms. The van der Waals surface area contributed by atoms with Crippen molar-refractivity contribution in [2.45, 2.75) is 63.2 Å². The first kappa shape index (κ1) is 31.3. The van der Waals surface area contributed by atoms with E-state index in [1.807, 2.05) is 6.07 Å². The first-order valence-corrected chi connectivity index (χ1v) is 15.5. The highest BCUT2D eigenvalue weighted by Gasteiger charge is 2.36. The zero-order chi connectivity index (χ0) is 31.9. The second-order valence-corrected chi connectivity index (χ2v) is 13.3. The number of aryl methyl sites for hydroxylation is 1. The van der Waals surface area contributed by atoms with Gasteiger partial charge in [-0.15, -0.1) is 0 Å². The number of hydrogen-bond donors (Lipinski definition) is 1. The Hall–Kier alpha value is -4.09. The van der Waals surface area contributed by atoms with Gasteiger partial charge in [-0.05, 0) is 79.6 Å². The highest BCUT2D eigenvalue weighted by molar-refractivity contribution is 7.89. The van der Waals surface area contributed by atoms with Crippen molar-refractivity contribution in [3.63, 3.8) is 0 Å². The Balaban J connectivity index is 1.50. The van der Waals surface area contributed by atoms with Gasteiger partial charge in [0, 0.05) is 12.1 Å². The van der Waals surface area contributed by atoms with E-state index in [4.69, 9.17) is 9.15 Å². The molecule has 7 nitrogen and oxygen atoms in total. The van der Waals surface area contributed by atoms with E-state index < -0.39 is 39.9 Å². The molecule has 0 unspecified atom stereocenters.